The highest BCUT2D eigenvalue weighted by Crippen LogP contribution is 2.21. The van der Waals surface area contributed by atoms with Gasteiger partial charge in [-0.1, -0.05) is 23.8 Å². The molecule has 0 saturated heterocycles. The van der Waals surface area contributed by atoms with Gasteiger partial charge in [0.05, 0.1) is 6.54 Å². The zero-order chi connectivity index (χ0) is 14.6. The fourth-order valence-electron chi connectivity index (χ4n) is 2.24. The second-order valence-corrected chi connectivity index (χ2v) is 5.01. The Bertz CT molecular complexity index is 416. The second-order valence-electron chi connectivity index (χ2n) is 5.01. The number of nitrogens with one attached hydrogen (secondary N) is 1. The lowest BCUT2D eigenvalue weighted by atomic mass is 9.99. The summed E-state index contributed by atoms with van der Waals surface area (Å²) in [7, 11) is 3.26. The second kappa shape index (κ2) is 6.39. The molecule has 1 aromatic rings. The van der Waals surface area contributed by atoms with Crippen LogP contribution >= 0.6 is 0 Å². The Morgan fingerprint density at radius 3 is 2.37 bits per heavy atom. The number of aryl methyl sites for hydroxylation is 2. The van der Waals surface area contributed by atoms with E-state index in [1.807, 2.05) is 32.0 Å². The molecule has 1 aromatic carbocycles. The van der Waals surface area contributed by atoms with Crippen LogP contribution in [0.2, 0.25) is 0 Å². The molecule has 0 aliphatic carbocycles. The standard InChI is InChI=1S/C14H21F3N2/c1-10-5-6-12(11(2)7-10)13(18-3)8-19(4)9-14(15,16)17/h5-7,13,18H,8-9H2,1-4H3. The van der Waals surface area contributed by atoms with Crippen LogP contribution < -0.4 is 5.32 Å². The summed E-state index contributed by atoms with van der Waals surface area (Å²) in [5.74, 6) is 0. The van der Waals surface area contributed by atoms with E-state index >= 15 is 0 Å². The highest BCUT2D eigenvalue weighted by Gasteiger charge is 2.30. The van der Waals surface area contributed by atoms with Crippen molar-refractivity contribution >= 4 is 0 Å². The summed E-state index contributed by atoms with van der Waals surface area (Å²) in [6.07, 6.45) is -4.16. The van der Waals surface area contributed by atoms with Gasteiger partial charge in [0.2, 0.25) is 0 Å². The Hall–Kier alpha value is -1.07. The van der Waals surface area contributed by atoms with E-state index in [4.69, 9.17) is 0 Å². The summed E-state index contributed by atoms with van der Waals surface area (Å²) < 4.78 is 37.0. The van der Waals surface area contributed by atoms with Gasteiger partial charge < -0.3 is 5.32 Å². The number of benzene rings is 1. The number of likely N-dealkylation sites (N-methyl/N-ethyl adjacent to an activating group) is 2. The minimum Gasteiger partial charge on any atom is -0.312 e. The van der Waals surface area contributed by atoms with E-state index in [2.05, 4.69) is 5.32 Å². The lowest BCUT2D eigenvalue weighted by Gasteiger charge is -2.26. The number of rotatable bonds is 5. The fourth-order valence-corrected chi connectivity index (χ4v) is 2.24. The summed E-state index contributed by atoms with van der Waals surface area (Å²) in [6, 6.07) is 5.90. The largest absolute Gasteiger partial charge is 0.401 e. The molecular weight excluding hydrogens is 253 g/mol. The van der Waals surface area contributed by atoms with E-state index in [1.165, 1.54) is 11.9 Å². The number of alkyl halides is 3. The normalized spacial score (nSPS) is 13.9. The van der Waals surface area contributed by atoms with E-state index in [0.717, 1.165) is 16.7 Å². The van der Waals surface area contributed by atoms with Crippen molar-refractivity contribution in [3.63, 3.8) is 0 Å². The highest BCUT2D eigenvalue weighted by atomic mass is 19.4. The first-order valence-electron chi connectivity index (χ1n) is 6.22. The zero-order valence-electron chi connectivity index (χ0n) is 11.8. The van der Waals surface area contributed by atoms with Gasteiger partial charge in [-0.3, -0.25) is 4.90 Å². The van der Waals surface area contributed by atoms with Gasteiger partial charge in [0, 0.05) is 12.6 Å². The summed E-state index contributed by atoms with van der Waals surface area (Å²) in [6.45, 7) is 3.41. The van der Waals surface area contributed by atoms with Crippen molar-refractivity contribution in [3.8, 4) is 0 Å². The number of hydrogen-bond acceptors (Lipinski definition) is 2. The van der Waals surface area contributed by atoms with Crippen LogP contribution in [0.3, 0.4) is 0 Å². The van der Waals surface area contributed by atoms with Crippen LogP contribution in [-0.2, 0) is 0 Å². The Morgan fingerprint density at radius 2 is 1.89 bits per heavy atom. The van der Waals surface area contributed by atoms with E-state index in [1.54, 1.807) is 7.05 Å². The molecule has 0 aromatic heterocycles. The summed E-state index contributed by atoms with van der Waals surface area (Å²) >= 11 is 0. The molecule has 1 N–H and O–H groups in total. The molecule has 0 aliphatic heterocycles. The molecule has 19 heavy (non-hydrogen) atoms. The first-order chi connectivity index (χ1) is 8.73. The third kappa shape index (κ3) is 5.20. The van der Waals surface area contributed by atoms with Crippen molar-refractivity contribution in [3.05, 3.63) is 34.9 Å². The molecule has 0 fully saturated rings. The van der Waals surface area contributed by atoms with Crippen molar-refractivity contribution in [2.24, 2.45) is 0 Å². The van der Waals surface area contributed by atoms with Crippen molar-refractivity contribution in [1.82, 2.24) is 10.2 Å². The maximum atomic E-state index is 12.3. The molecule has 0 saturated carbocycles. The van der Waals surface area contributed by atoms with Crippen LogP contribution in [0.4, 0.5) is 13.2 Å². The Labute approximate surface area is 112 Å². The van der Waals surface area contributed by atoms with Crippen LogP contribution in [-0.4, -0.2) is 38.3 Å². The monoisotopic (exact) mass is 274 g/mol. The lowest BCUT2D eigenvalue weighted by Crippen LogP contribution is -2.37. The molecule has 0 spiro atoms. The fraction of sp³-hybridized carbons (Fsp3) is 0.571. The first-order valence-corrected chi connectivity index (χ1v) is 6.22. The topological polar surface area (TPSA) is 15.3 Å². The van der Waals surface area contributed by atoms with Gasteiger partial charge in [0.1, 0.15) is 0 Å². The number of halogens is 3. The third-order valence-corrected chi connectivity index (χ3v) is 3.09. The van der Waals surface area contributed by atoms with Gasteiger partial charge in [-0.2, -0.15) is 13.2 Å². The minimum absolute atomic E-state index is 0.104. The predicted molar refractivity (Wildman–Crippen MR) is 71.3 cm³/mol. The average molecular weight is 274 g/mol. The molecule has 1 atom stereocenters. The van der Waals surface area contributed by atoms with Crippen LogP contribution in [0.25, 0.3) is 0 Å². The summed E-state index contributed by atoms with van der Waals surface area (Å²) in [5, 5.41) is 3.09. The molecule has 2 nitrogen and oxygen atoms in total. The average Bonchev–Trinajstić information content (AvgIpc) is 2.24. The van der Waals surface area contributed by atoms with Crippen LogP contribution in [0.15, 0.2) is 18.2 Å². The van der Waals surface area contributed by atoms with Gasteiger partial charge in [0.15, 0.2) is 0 Å². The minimum atomic E-state index is -4.16. The van der Waals surface area contributed by atoms with E-state index in [0.29, 0.717) is 6.54 Å². The third-order valence-electron chi connectivity index (χ3n) is 3.09. The number of nitrogens with zero attached hydrogens (tertiary/aromatic N) is 1. The van der Waals surface area contributed by atoms with Gasteiger partial charge in [0.25, 0.3) is 0 Å². The molecular formula is C14H21F3N2. The molecule has 1 rings (SSSR count). The summed E-state index contributed by atoms with van der Waals surface area (Å²) in [5.41, 5.74) is 3.29. The first kappa shape index (κ1) is 16.0. The zero-order valence-corrected chi connectivity index (χ0v) is 11.8. The maximum Gasteiger partial charge on any atom is 0.401 e. The lowest BCUT2D eigenvalue weighted by molar-refractivity contribution is -0.143. The van der Waals surface area contributed by atoms with E-state index in [9.17, 15) is 13.2 Å². The Morgan fingerprint density at radius 1 is 1.26 bits per heavy atom. The van der Waals surface area contributed by atoms with Crippen molar-refractivity contribution in [1.29, 1.82) is 0 Å². The molecule has 108 valence electrons. The number of hydrogen-bond donors (Lipinski definition) is 1. The van der Waals surface area contributed by atoms with Crippen LogP contribution in [0, 0.1) is 13.8 Å². The SMILES string of the molecule is CNC(CN(C)CC(F)(F)F)c1ccc(C)cc1C. The summed E-state index contributed by atoms with van der Waals surface area (Å²) in [4.78, 5) is 1.29. The quantitative estimate of drug-likeness (QED) is 0.887. The molecule has 0 bridgehead atoms. The van der Waals surface area contributed by atoms with Gasteiger partial charge >= 0.3 is 6.18 Å². The van der Waals surface area contributed by atoms with Crippen molar-refractivity contribution < 1.29 is 13.2 Å². The van der Waals surface area contributed by atoms with Gasteiger partial charge in [-0.05, 0) is 39.1 Å². The van der Waals surface area contributed by atoms with Crippen molar-refractivity contribution in [2.75, 3.05) is 27.2 Å². The van der Waals surface area contributed by atoms with E-state index < -0.39 is 12.7 Å². The van der Waals surface area contributed by atoms with Crippen LogP contribution in [0.5, 0.6) is 0 Å². The maximum absolute atomic E-state index is 12.3. The molecule has 1 unspecified atom stereocenters. The highest BCUT2D eigenvalue weighted by molar-refractivity contribution is 5.33. The molecule has 0 radical (unpaired) electrons. The smallest absolute Gasteiger partial charge is 0.312 e. The van der Waals surface area contributed by atoms with Gasteiger partial charge in [-0.25, -0.2) is 0 Å². The predicted octanol–water partition coefficient (Wildman–Crippen LogP) is 3.06. The Balaban J connectivity index is 2.78. The van der Waals surface area contributed by atoms with Gasteiger partial charge in [-0.15, -0.1) is 0 Å². The van der Waals surface area contributed by atoms with Crippen molar-refractivity contribution in [2.45, 2.75) is 26.1 Å². The Kier molecular flexibility index (Phi) is 5.38. The molecule has 0 aliphatic rings. The van der Waals surface area contributed by atoms with Crippen LogP contribution in [0.1, 0.15) is 22.7 Å². The molecule has 0 heterocycles. The van der Waals surface area contributed by atoms with E-state index in [-0.39, 0.29) is 6.04 Å². The molecule has 5 heteroatoms. The molecule has 0 amide bonds.